The predicted octanol–water partition coefficient (Wildman–Crippen LogP) is 3.09. The molecule has 0 unspecified atom stereocenters. The van der Waals surface area contributed by atoms with Crippen LogP contribution in [0.3, 0.4) is 0 Å². The van der Waals surface area contributed by atoms with Crippen LogP contribution in [0.1, 0.15) is 44.1 Å². The molecule has 1 amide bonds. The zero-order valence-corrected chi connectivity index (χ0v) is 16.6. The van der Waals surface area contributed by atoms with Crippen LogP contribution < -0.4 is 5.56 Å². The van der Waals surface area contributed by atoms with Gasteiger partial charge in [0.2, 0.25) is 5.91 Å². The van der Waals surface area contributed by atoms with E-state index in [0.29, 0.717) is 17.8 Å². The van der Waals surface area contributed by atoms with Gasteiger partial charge in [-0.05, 0) is 49.0 Å². The van der Waals surface area contributed by atoms with Gasteiger partial charge < -0.3 is 4.90 Å². The Morgan fingerprint density at radius 2 is 1.96 bits per heavy atom. The molecule has 2 aromatic rings. The minimum absolute atomic E-state index is 0.0318. The molecule has 0 saturated carbocycles. The second kappa shape index (κ2) is 6.80. The summed E-state index contributed by atoms with van der Waals surface area (Å²) in [5.74, 6) is 1.74. The summed E-state index contributed by atoms with van der Waals surface area (Å²) in [7, 11) is 0. The fraction of sp³-hybridized carbons (Fsp3) is 0.650. The maximum absolute atomic E-state index is 13.0. The van der Waals surface area contributed by atoms with E-state index < -0.39 is 0 Å². The van der Waals surface area contributed by atoms with Gasteiger partial charge >= 0.3 is 0 Å². The molecule has 26 heavy (non-hydrogen) atoms. The number of hydrogen-bond acceptors (Lipinski definition) is 4. The Morgan fingerprint density at radius 3 is 2.69 bits per heavy atom. The first-order valence-electron chi connectivity index (χ1n) is 9.69. The molecule has 1 fully saturated rings. The number of aryl methyl sites for hydroxylation is 1. The SMILES string of the molecule is C[C@@H]1CCc2c(sc3ncn(CC(=O)N4C[C@@H](C)C[C@H](C)C4)c(=O)c23)C1. The highest BCUT2D eigenvalue weighted by molar-refractivity contribution is 7.18. The van der Waals surface area contributed by atoms with E-state index in [-0.39, 0.29) is 18.0 Å². The van der Waals surface area contributed by atoms with Crippen molar-refractivity contribution in [2.75, 3.05) is 13.1 Å². The summed E-state index contributed by atoms with van der Waals surface area (Å²) in [6.07, 6.45) is 5.84. The normalized spacial score (nSPS) is 26.1. The Bertz CT molecular complexity index is 890. The van der Waals surface area contributed by atoms with Gasteiger partial charge in [-0.1, -0.05) is 20.8 Å². The fourth-order valence-electron chi connectivity index (χ4n) is 4.59. The lowest BCUT2D eigenvalue weighted by molar-refractivity contribution is -0.134. The van der Waals surface area contributed by atoms with E-state index in [2.05, 4.69) is 25.8 Å². The minimum atomic E-state index is -0.0477. The number of carbonyl (C=O) groups is 1. The van der Waals surface area contributed by atoms with Crippen LogP contribution in [0.15, 0.2) is 11.1 Å². The molecule has 0 spiro atoms. The Labute approximate surface area is 158 Å². The third-order valence-electron chi connectivity index (χ3n) is 5.81. The predicted molar refractivity (Wildman–Crippen MR) is 105 cm³/mol. The number of nitrogens with zero attached hydrogens (tertiary/aromatic N) is 3. The zero-order valence-electron chi connectivity index (χ0n) is 15.8. The van der Waals surface area contributed by atoms with E-state index in [1.54, 1.807) is 17.7 Å². The molecular formula is C20H27N3O2S. The Kier molecular flexibility index (Phi) is 4.63. The highest BCUT2D eigenvalue weighted by Gasteiger charge is 2.27. The first-order chi connectivity index (χ1) is 12.4. The monoisotopic (exact) mass is 373 g/mol. The third kappa shape index (κ3) is 3.20. The Hall–Kier alpha value is -1.69. The van der Waals surface area contributed by atoms with Gasteiger partial charge in [0.1, 0.15) is 11.4 Å². The molecule has 3 heterocycles. The summed E-state index contributed by atoms with van der Waals surface area (Å²) in [6, 6.07) is 0. The lowest BCUT2D eigenvalue weighted by atomic mass is 9.89. The number of carbonyl (C=O) groups excluding carboxylic acids is 1. The van der Waals surface area contributed by atoms with Crippen LogP contribution in [-0.2, 0) is 24.2 Å². The van der Waals surface area contributed by atoms with Crippen LogP contribution in [0, 0.1) is 17.8 Å². The summed E-state index contributed by atoms with van der Waals surface area (Å²) >= 11 is 1.65. The van der Waals surface area contributed by atoms with Crippen molar-refractivity contribution in [1.29, 1.82) is 0 Å². The van der Waals surface area contributed by atoms with E-state index in [1.807, 2.05) is 4.90 Å². The molecule has 6 heteroatoms. The average Bonchev–Trinajstić information content (AvgIpc) is 2.94. The molecule has 0 aromatic carbocycles. The molecule has 1 aliphatic carbocycles. The fourth-order valence-corrected chi connectivity index (χ4v) is 5.93. The van der Waals surface area contributed by atoms with Gasteiger partial charge in [0, 0.05) is 18.0 Å². The zero-order chi connectivity index (χ0) is 18.4. The first kappa shape index (κ1) is 17.7. The second-order valence-electron chi connectivity index (χ2n) is 8.45. The van der Waals surface area contributed by atoms with E-state index in [4.69, 9.17) is 0 Å². The molecule has 2 aliphatic rings. The van der Waals surface area contributed by atoms with Crippen molar-refractivity contribution < 1.29 is 4.79 Å². The van der Waals surface area contributed by atoms with Crippen molar-refractivity contribution in [3.05, 3.63) is 27.1 Å². The second-order valence-corrected chi connectivity index (χ2v) is 9.54. The maximum Gasteiger partial charge on any atom is 0.262 e. The molecule has 2 aromatic heterocycles. The molecule has 1 aliphatic heterocycles. The lowest BCUT2D eigenvalue weighted by Crippen LogP contribution is -2.44. The Balaban J connectivity index is 1.62. The van der Waals surface area contributed by atoms with Crippen LogP contribution in [0.25, 0.3) is 10.2 Å². The molecule has 4 rings (SSSR count). The molecular weight excluding hydrogens is 346 g/mol. The Morgan fingerprint density at radius 1 is 1.23 bits per heavy atom. The third-order valence-corrected chi connectivity index (χ3v) is 6.97. The van der Waals surface area contributed by atoms with Gasteiger partial charge in [0.05, 0.1) is 11.7 Å². The van der Waals surface area contributed by atoms with Gasteiger partial charge in [-0.15, -0.1) is 11.3 Å². The molecule has 0 N–H and O–H groups in total. The van der Waals surface area contributed by atoms with E-state index in [0.717, 1.165) is 49.0 Å². The summed E-state index contributed by atoms with van der Waals surface area (Å²) in [6.45, 7) is 8.32. The van der Waals surface area contributed by atoms with Gasteiger partial charge in [0.15, 0.2) is 0 Å². The number of piperidine rings is 1. The first-order valence-corrected chi connectivity index (χ1v) is 10.5. The van der Waals surface area contributed by atoms with Crippen LogP contribution in [-0.4, -0.2) is 33.4 Å². The maximum atomic E-state index is 13.0. The largest absolute Gasteiger partial charge is 0.341 e. The van der Waals surface area contributed by atoms with Crippen LogP contribution in [0.5, 0.6) is 0 Å². The highest BCUT2D eigenvalue weighted by Crippen LogP contribution is 2.35. The van der Waals surface area contributed by atoms with Gasteiger partial charge in [-0.3, -0.25) is 14.2 Å². The van der Waals surface area contributed by atoms with Crippen molar-refractivity contribution in [1.82, 2.24) is 14.5 Å². The number of rotatable bonds is 2. The molecule has 5 nitrogen and oxygen atoms in total. The number of fused-ring (bicyclic) bond motifs is 3. The topological polar surface area (TPSA) is 55.2 Å². The molecule has 0 bridgehead atoms. The van der Waals surface area contributed by atoms with Crippen LogP contribution >= 0.6 is 11.3 Å². The standard InChI is InChI=1S/C20H27N3O2S/c1-12-4-5-15-16(7-12)26-19-18(15)20(25)23(11-21-19)10-17(24)22-8-13(2)6-14(3)9-22/h11-14H,4-10H2,1-3H3/t12-,13+,14+/m1/s1. The number of thiophene rings is 1. The van der Waals surface area contributed by atoms with Gasteiger partial charge in [0.25, 0.3) is 5.56 Å². The van der Waals surface area contributed by atoms with Crippen molar-refractivity contribution in [2.45, 2.75) is 53.0 Å². The van der Waals surface area contributed by atoms with Gasteiger partial charge in [-0.2, -0.15) is 0 Å². The minimum Gasteiger partial charge on any atom is -0.341 e. The van der Waals surface area contributed by atoms with Crippen LogP contribution in [0.2, 0.25) is 0 Å². The number of amides is 1. The van der Waals surface area contributed by atoms with Crippen molar-refractivity contribution in [2.24, 2.45) is 17.8 Å². The molecule has 0 radical (unpaired) electrons. The van der Waals surface area contributed by atoms with Crippen LogP contribution in [0.4, 0.5) is 0 Å². The summed E-state index contributed by atoms with van der Waals surface area (Å²) in [5, 5.41) is 0.757. The van der Waals surface area contributed by atoms with Crippen molar-refractivity contribution in [3.63, 3.8) is 0 Å². The smallest absolute Gasteiger partial charge is 0.262 e. The highest BCUT2D eigenvalue weighted by atomic mass is 32.1. The van der Waals surface area contributed by atoms with Gasteiger partial charge in [-0.25, -0.2) is 4.98 Å². The molecule has 3 atom stereocenters. The molecule has 1 saturated heterocycles. The molecule has 140 valence electrons. The van der Waals surface area contributed by atoms with E-state index in [9.17, 15) is 9.59 Å². The summed E-state index contributed by atoms with van der Waals surface area (Å²) < 4.78 is 1.51. The quantitative estimate of drug-likeness (QED) is 0.813. The number of likely N-dealkylation sites (tertiary alicyclic amines) is 1. The number of hydrogen-bond donors (Lipinski definition) is 0. The van der Waals surface area contributed by atoms with Crippen molar-refractivity contribution >= 4 is 27.5 Å². The summed E-state index contributed by atoms with van der Waals surface area (Å²) in [4.78, 5) is 34.4. The van der Waals surface area contributed by atoms with E-state index >= 15 is 0 Å². The van der Waals surface area contributed by atoms with Crippen molar-refractivity contribution in [3.8, 4) is 0 Å². The lowest BCUT2D eigenvalue weighted by Gasteiger charge is -2.35. The summed E-state index contributed by atoms with van der Waals surface area (Å²) in [5.41, 5.74) is 1.14. The average molecular weight is 374 g/mol. The number of aromatic nitrogens is 2. The van der Waals surface area contributed by atoms with E-state index in [1.165, 1.54) is 15.0 Å².